The Labute approximate surface area is 163 Å². The first kappa shape index (κ1) is 19.1. The Morgan fingerprint density at radius 1 is 1.14 bits per heavy atom. The van der Waals surface area contributed by atoms with Crippen molar-refractivity contribution in [2.45, 2.75) is 6.54 Å². The van der Waals surface area contributed by atoms with Crippen molar-refractivity contribution in [3.8, 4) is 0 Å². The number of hydrogen-bond donors (Lipinski definition) is 1. The molecule has 0 unspecified atom stereocenters. The van der Waals surface area contributed by atoms with Crippen molar-refractivity contribution in [1.29, 1.82) is 0 Å². The maximum absolute atomic E-state index is 12.8. The minimum Gasteiger partial charge on any atom is -0.350 e. The maximum atomic E-state index is 12.8. The van der Waals surface area contributed by atoms with Crippen LogP contribution in [0.4, 0.5) is 11.4 Å². The Morgan fingerprint density at radius 2 is 1.93 bits per heavy atom. The summed E-state index contributed by atoms with van der Waals surface area (Å²) in [7, 11) is 0. The molecule has 142 valence electrons. The Hall–Kier alpha value is -3.66. The van der Waals surface area contributed by atoms with Gasteiger partial charge in [0, 0.05) is 24.1 Å². The molecule has 0 spiro atoms. The van der Waals surface area contributed by atoms with Crippen molar-refractivity contribution >= 4 is 34.7 Å². The molecule has 9 nitrogen and oxygen atoms in total. The molecule has 0 bridgehead atoms. The number of aromatic nitrogens is 2. The third-order valence-corrected chi connectivity index (χ3v) is 4.32. The van der Waals surface area contributed by atoms with Gasteiger partial charge in [0.25, 0.3) is 11.6 Å². The van der Waals surface area contributed by atoms with E-state index in [9.17, 15) is 19.7 Å². The second-order valence-corrected chi connectivity index (χ2v) is 6.33. The first-order valence-corrected chi connectivity index (χ1v) is 9.02. The first-order valence-electron chi connectivity index (χ1n) is 8.18. The predicted octanol–water partition coefficient (Wildman–Crippen LogP) is 2.41. The summed E-state index contributed by atoms with van der Waals surface area (Å²) < 4.78 is 3.66. The number of carbonyl (C=O) groups is 2. The molecular weight excluding hydrogens is 382 g/mol. The number of amides is 2. The molecule has 1 aromatic heterocycles. The van der Waals surface area contributed by atoms with Crippen LogP contribution in [-0.4, -0.2) is 32.9 Å². The number of rotatable bonds is 7. The number of nitro groups is 1. The fourth-order valence-electron chi connectivity index (χ4n) is 2.45. The van der Waals surface area contributed by atoms with Gasteiger partial charge >= 0.3 is 0 Å². The van der Waals surface area contributed by atoms with Crippen LogP contribution in [0.2, 0.25) is 0 Å². The van der Waals surface area contributed by atoms with Crippen LogP contribution in [0, 0.1) is 10.1 Å². The minimum atomic E-state index is -0.566. The Morgan fingerprint density at radius 3 is 2.61 bits per heavy atom. The van der Waals surface area contributed by atoms with Crippen molar-refractivity contribution in [1.82, 2.24) is 14.9 Å². The van der Waals surface area contributed by atoms with Gasteiger partial charge in [0.15, 0.2) is 5.69 Å². The Balaban J connectivity index is 1.80. The number of nitrogens with one attached hydrogen (secondary N) is 1. The predicted molar refractivity (Wildman–Crippen MR) is 103 cm³/mol. The van der Waals surface area contributed by atoms with Gasteiger partial charge in [-0.2, -0.15) is 0 Å². The largest absolute Gasteiger partial charge is 0.350 e. The highest BCUT2D eigenvalue weighted by Crippen LogP contribution is 2.22. The number of nitro benzene ring substituents is 1. The summed E-state index contributed by atoms with van der Waals surface area (Å²) in [4.78, 5) is 36.8. The van der Waals surface area contributed by atoms with Crippen LogP contribution in [-0.2, 0) is 11.3 Å². The van der Waals surface area contributed by atoms with E-state index in [0.717, 1.165) is 22.0 Å². The van der Waals surface area contributed by atoms with Gasteiger partial charge in [0.05, 0.1) is 10.6 Å². The summed E-state index contributed by atoms with van der Waals surface area (Å²) in [5, 5.41) is 19.0. The van der Waals surface area contributed by atoms with E-state index in [2.05, 4.69) is 14.9 Å². The molecule has 1 N–H and O–H groups in total. The number of anilines is 1. The summed E-state index contributed by atoms with van der Waals surface area (Å²) in [5.74, 6) is -0.976. The van der Waals surface area contributed by atoms with Crippen molar-refractivity contribution in [3.63, 3.8) is 0 Å². The van der Waals surface area contributed by atoms with Gasteiger partial charge in [-0.05, 0) is 23.2 Å². The van der Waals surface area contributed by atoms with Gasteiger partial charge < -0.3 is 5.32 Å². The molecule has 0 aliphatic rings. The van der Waals surface area contributed by atoms with Crippen LogP contribution < -0.4 is 10.2 Å². The molecule has 3 rings (SSSR count). The van der Waals surface area contributed by atoms with E-state index in [1.54, 1.807) is 0 Å². The van der Waals surface area contributed by atoms with E-state index in [4.69, 9.17) is 0 Å². The van der Waals surface area contributed by atoms with Gasteiger partial charge in [-0.15, -0.1) is 5.10 Å². The zero-order valence-electron chi connectivity index (χ0n) is 14.5. The summed E-state index contributed by atoms with van der Waals surface area (Å²) >= 11 is 0.998. The smallest absolute Gasteiger partial charge is 0.280 e. The average molecular weight is 397 g/mol. The third kappa shape index (κ3) is 4.74. The van der Waals surface area contributed by atoms with Crippen molar-refractivity contribution in [3.05, 3.63) is 81.3 Å². The molecule has 0 saturated heterocycles. The van der Waals surface area contributed by atoms with Crippen molar-refractivity contribution in [2.24, 2.45) is 0 Å². The third-order valence-electron chi connectivity index (χ3n) is 3.81. The van der Waals surface area contributed by atoms with E-state index in [0.29, 0.717) is 6.54 Å². The van der Waals surface area contributed by atoms with Crippen molar-refractivity contribution in [2.75, 3.05) is 11.4 Å². The molecule has 3 aromatic rings. The highest BCUT2D eigenvalue weighted by molar-refractivity contribution is 7.03. The number of nitrogens with zero attached hydrogens (tertiary/aromatic N) is 4. The monoisotopic (exact) mass is 397 g/mol. The molecule has 2 aromatic carbocycles. The van der Waals surface area contributed by atoms with Crippen LogP contribution in [0.25, 0.3) is 0 Å². The lowest BCUT2D eigenvalue weighted by Crippen LogP contribution is -2.41. The topological polar surface area (TPSA) is 118 Å². The summed E-state index contributed by atoms with van der Waals surface area (Å²) in [5.41, 5.74) is 1.01. The Kier molecular flexibility index (Phi) is 6.02. The van der Waals surface area contributed by atoms with E-state index in [1.165, 1.54) is 29.6 Å². The fourth-order valence-corrected chi connectivity index (χ4v) is 2.88. The van der Waals surface area contributed by atoms with Crippen LogP contribution >= 0.6 is 11.5 Å². The van der Waals surface area contributed by atoms with Crippen LogP contribution in [0.5, 0.6) is 0 Å². The molecule has 0 atom stereocenters. The zero-order chi connectivity index (χ0) is 19.9. The maximum Gasteiger partial charge on any atom is 0.280 e. The van der Waals surface area contributed by atoms with Gasteiger partial charge in [-0.3, -0.25) is 24.6 Å². The van der Waals surface area contributed by atoms with E-state index in [1.807, 2.05) is 30.3 Å². The number of hydrogen-bond acceptors (Lipinski definition) is 7. The molecule has 28 heavy (non-hydrogen) atoms. The number of non-ortho nitro benzene ring substituents is 1. The van der Waals surface area contributed by atoms with E-state index in [-0.39, 0.29) is 23.6 Å². The van der Waals surface area contributed by atoms with Gasteiger partial charge in [0.2, 0.25) is 5.91 Å². The van der Waals surface area contributed by atoms with Crippen LogP contribution in [0.1, 0.15) is 16.1 Å². The SMILES string of the molecule is O=C(CN(C(=O)c1csnn1)c1cccc([N+](=O)[O-])c1)NCc1ccccc1. The zero-order valence-corrected chi connectivity index (χ0v) is 15.3. The second kappa shape index (κ2) is 8.82. The lowest BCUT2D eigenvalue weighted by molar-refractivity contribution is -0.384. The highest BCUT2D eigenvalue weighted by atomic mass is 32.1. The quantitative estimate of drug-likeness (QED) is 0.483. The molecule has 0 radical (unpaired) electrons. The Bertz CT molecular complexity index is 979. The van der Waals surface area contributed by atoms with Gasteiger partial charge in [-0.25, -0.2) is 0 Å². The highest BCUT2D eigenvalue weighted by Gasteiger charge is 2.24. The molecule has 0 aliphatic heterocycles. The molecule has 2 amide bonds. The normalized spacial score (nSPS) is 10.3. The van der Waals surface area contributed by atoms with Gasteiger partial charge in [0.1, 0.15) is 6.54 Å². The molecule has 0 aliphatic carbocycles. The summed E-state index contributed by atoms with van der Waals surface area (Å²) in [6.07, 6.45) is 0. The number of carbonyl (C=O) groups excluding carboxylic acids is 2. The van der Waals surface area contributed by atoms with E-state index >= 15 is 0 Å². The minimum absolute atomic E-state index is 0.0624. The molecule has 1 heterocycles. The molecular formula is C18H15N5O4S. The fraction of sp³-hybridized carbons (Fsp3) is 0.111. The van der Waals surface area contributed by atoms with E-state index < -0.39 is 16.7 Å². The van der Waals surface area contributed by atoms with Gasteiger partial charge in [-0.1, -0.05) is 40.9 Å². The molecule has 0 fully saturated rings. The second-order valence-electron chi connectivity index (χ2n) is 5.72. The lowest BCUT2D eigenvalue weighted by Gasteiger charge is -2.21. The molecule has 0 saturated carbocycles. The van der Waals surface area contributed by atoms with Crippen LogP contribution in [0.3, 0.4) is 0 Å². The first-order chi connectivity index (χ1) is 13.5. The number of benzene rings is 2. The standard InChI is InChI=1S/C18H15N5O4S/c24-17(19-10-13-5-2-1-3-6-13)11-22(18(25)16-12-28-21-20-16)14-7-4-8-15(9-14)23(26)27/h1-9,12H,10-11H2,(H,19,24). The average Bonchev–Trinajstić information content (AvgIpc) is 3.26. The summed E-state index contributed by atoms with van der Waals surface area (Å²) in [6, 6.07) is 14.8. The molecule has 10 heteroatoms. The lowest BCUT2D eigenvalue weighted by atomic mass is 10.2. The van der Waals surface area contributed by atoms with Crippen LogP contribution in [0.15, 0.2) is 60.0 Å². The summed E-state index contributed by atoms with van der Waals surface area (Å²) in [6.45, 7) is -0.0146. The van der Waals surface area contributed by atoms with Crippen molar-refractivity contribution < 1.29 is 14.5 Å².